The molecule has 0 radical (unpaired) electrons. The zero-order chi connectivity index (χ0) is 19.6. The average molecular weight is 400 g/mol. The van der Waals surface area contributed by atoms with Gasteiger partial charge in [-0.15, -0.1) is 0 Å². The number of methoxy groups -OCH3 is 1. The smallest absolute Gasteiger partial charge is 0.226 e. The Morgan fingerprint density at radius 1 is 1.04 bits per heavy atom. The van der Waals surface area contributed by atoms with Crippen LogP contribution >= 0.6 is 0 Å². The Labute approximate surface area is 165 Å². The predicted molar refractivity (Wildman–Crippen MR) is 108 cm³/mol. The Bertz CT molecular complexity index is 1060. The molecule has 6 nitrogen and oxygen atoms in total. The van der Waals surface area contributed by atoms with Gasteiger partial charge in [0.15, 0.2) is 5.03 Å². The van der Waals surface area contributed by atoms with Crippen molar-refractivity contribution < 1.29 is 13.2 Å². The number of ether oxygens (including phenoxy) is 1. The van der Waals surface area contributed by atoms with Crippen molar-refractivity contribution >= 4 is 20.7 Å². The van der Waals surface area contributed by atoms with Gasteiger partial charge in [-0.3, -0.25) is 4.68 Å². The van der Waals surface area contributed by atoms with E-state index in [-0.39, 0.29) is 9.92 Å². The minimum absolute atomic E-state index is 0.0915. The van der Waals surface area contributed by atoms with Crippen LogP contribution in [-0.2, 0) is 16.4 Å². The molecule has 148 valence electrons. The maximum Gasteiger partial charge on any atom is 0.226 e. The number of likely N-dealkylation sites (tertiary alicyclic amines) is 1. The summed E-state index contributed by atoms with van der Waals surface area (Å²) < 4.78 is 33.6. The lowest BCUT2D eigenvalue weighted by atomic mass is 10.2. The number of hydrogen-bond donors (Lipinski definition) is 0. The second-order valence-electron chi connectivity index (χ2n) is 7.13. The normalized spacial score (nSPS) is 15.3. The van der Waals surface area contributed by atoms with Crippen molar-refractivity contribution in [3.05, 3.63) is 48.5 Å². The van der Waals surface area contributed by atoms with Gasteiger partial charge in [-0.1, -0.05) is 18.2 Å². The summed E-state index contributed by atoms with van der Waals surface area (Å²) in [4.78, 5) is 2.71. The molecule has 3 aromatic rings. The lowest BCUT2D eigenvalue weighted by Gasteiger charge is -2.14. The van der Waals surface area contributed by atoms with Crippen LogP contribution in [0.2, 0.25) is 0 Å². The van der Waals surface area contributed by atoms with Crippen LogP contribution in [0.3, 0.4) is 0 Å². The Morgan fingerprint density at radius 2 is 1.79 bits per heavy atom. The fourth-order valence-electron chi connectivity index (χ4n) is 3.79. The number of benzene rings is 2. The summed E-state index contributed by atoms with van der Waals surface area (Å²) >= 11 is 0. The molecular weight excluding hydrogens is 374 g/mol. The van der Waals surface area contributed by atoms with Gasteiger partial charge in [0.2, 0.25) is 9.84 Å². The van der Waals surface area contributed by atoms with Gasteiger partial charge >= 0.3 is 0 Å². The molecule has 4 rings (SSSR count). The van der Waals surface area contributed by atoms with Gasteiger partial charge in [-0.05, 0) is 69.2 Å². The molecule has 0 bridgehead atoms. The zero-order valence-corrected chi connectivity index (χ0v) is 16.9. The number of hydrogen-bond acceptors (Lipinski definition) is 5. The molecule has 0 saturated carbocycles. The first-order valence-electron chi connectivity index (χ1n) is 9.66. The fraction of sp³-hybridized carbons (Fsp3) is 0.381. The van der Waals surface area contributed by atoms with Gasteiger partial charge in [0.25, 0.3) is 0 Å². The molecule has 0 N–H and O–H groups in total. The molecule has 1 saturated heterocycles. The standard InChI is InChI=1S/C21H25N3O3S/c1-27-17-10-11-20-19(16-17)21(28(25,26)18-8-3-2-4-9-18)22-24(20)15-7-14-23-12-5-6-13-23/h2-4,8-11,16H,5-7,12-15H2,1H3. The summed E-state index contributed by atoms with van der Waals surface area (Å²) in [7, 11) is -2.13. The lowest BCUT2D eigenvalue weighted by Crippen LogP contribution is -2.21. The Morgan fingerprint density at radius 3 is 2.50 bits per heavy atom. The number of aromatic nitrogens is 2. The average Bonchev–Trinajstić information content (AvgIpc) is 3.36. The summed E-state index contributed by atoms with van der Waals surface area (Å²) in [6, 6.07) is 14.0. The number of nitrogens with zero attached hydrogens (tertiary/aromatic N) is 3. The number of fused-ring (bicyclic) bond motifs is 1. The van der Waals surface area contributed by atoms with E-state index in [4.69, 9.17) is 4.74 Å². The highest BCUT2D eigenvalue weighted by Crippen LogP contribution is 2.30. The third-order valence-corrected chi connectivity index (χ3v) is 6.98. The first-order valence-corrected chi connectivity index (χ1v) is 11.1. The van der Waals surface area contributed by atoms with Gasteiger partial charge < -0.3 is 9.64 Å². The molecule has 0 amide bonds. The maximum atomic E-state index is 13.2. The van der Waals surface area contributed by atoms with E-state index >= 15 is 0 Å². The van der Waals surface area contributed by atoms with Gasteiger partial charge in [0, 0.05) is 11.9 Å². The molecule has 0 atom stereocenters. The van der Waals surface area contributed by atoms with E-state index < -0.39 is 9.84 Å². The Balaban J connectivity index is 1.71. The van der Waals surface area contributed by atoms with Crippen molar-refractivity contribution in [1.82, 2.24) is 14.7 Å². The minimum Gasteiger partial charge on any atom is -0.497 e. The third kappa shape index (κ3) is 3.64. The highest BCUT2D eigenvalue weighted by Gasteiger charge is 2.25. The molecule has 1 aliphatic heterocycles. The van der Waals surface area contributed by atoms with E-state index in [9.17, 15) is 8.42 Å². The van der Waals surface area contributed by atoms with Gasteiger partial charge in [-0.25, -0.2) is 8.42 Å². The van der Waals surface area contributed by atoms with Crippen LogP contribution in [0.5, 0.6) is 5.75 Å². The minimum atomic E-state index is -3.71. The van der Waals surface area contributed by atoms with Gasteiger partial charge in [0.05, 0.1) is 17.5 Å². The summed E-state index contributed by atoms with van der Waals surface area (Å²) in [5.41, 5.74) is 0.816. The van der Waals surface area contributed by atoms with Gasteiger partial charge in [-0.2, -0.15) is 5.10 Å². The summed E-state index contributed by atoms with van der Waals surface area (Å²) in [6.45, 7) is 4.01. The lowest BCUT2D eigenvalue weighted by molar-refractivity contribution is 0.323. The van der Waals surface area contributed by atoms with Crippen LogP contribution in [0, 0.1) is 0 Å². The molecular formula is C21H25N3O3S. The van der Waals surface area contributed by atoms with E-state index in [2.05, 4.69) is 10.00 Å². The topological polar surface area (TPSA) is 64.4 Å². The molecule has 1 aliphatic rings. The van der Waals surface area contributed by atoms with E-state index in [0.717, 1.165) is 31.6 Å². The molecule has 0 aliphatic carbocycles. The quantitative estimate of drug-likeness (QED) is 0.610. The van der Waals surface area contributed by atoms with Crippen molar-refractivity contribution in [1.29, 1.82) is 0 Å². The van der Waals surface area contributed by atoms with Crippen LogP contribution < -0.4 is 4.74 Å². The monoisotopic (exact) mass is 399 g/mol. The van der Waals surface area contributed by atoms with Crippen LogP contribution in [0.25, 0.3) is 10.9 Å². The van der Waals surface area contributed by atoms with Crippen LogP contribution in [0.15, 0.2) is 58.5 Å². The number of aryl methyl sites for hydroxylation is 1. The van der Waals surface area contributed by atoms with Crippen LogP contribution in [0.4, 0.5) is 0 Å². The number of rotatable bonds is 7. The van der Waals surface area contributed by atoms with Crippen molar-refractivity contribution in [2.75, 3.05) is 26.7 Å². The molecule has 1 aromatic heterocycles. The van der Waals surface area contributed by atoms with Crippen LogP contribution in [0.1, 0.15) is 19.3 Å². The highest BCUT2D eigenvalue weighted by atomic mass is 32.2. The molecule has 28 heavy (non-hydrogen) atoms. The second kappa shape index (κ2) is 7.93. The summed E-state index contributed by atoms with van der Waals surface area (Å²) in [5, 5.41) is 5.22. The summed E-state index contributed by atoms with van der Waals surface area (Å²) in [6.07, 6.45) is 3.47. The Kier molecular flexibility index (Phi) is 5.37. The fourth-order valence-corrected chi connectivity index (χ4v) is 5.18. The molecule has 0 unspecified atom stereocenters. The van der Waals surface area contributed by atoms with E-state index in [1.54, 1.807) is 43.5 Å². The highest BCUT2D eigenvalue weighted by molar-refractivity contribution is 7.91. The zero-order valence-electron chi connectivity index (χ0n) is 16.0. The molecule has 0 spiro atoms. The van der Waals surface area contributed by atoms with Crippen molar-refractivity contribution in [2.24, 2.45) is 0 Å². The predicted octanol–water partition coefficient (Wildman–Crippen LogP) is 3.36. The third-order valence-electron chi connectivity index (χ3n) is 5.27. The largest absolute Gasteiger partial charge is 0.497 e. The second-order valence-corrected chi connectivity index (χ2v) is 9.00. The molecule has 2 aromatic carbocycles. The van der Waals surface area contributed by atoms with Crippen LogP contribution in [-0.4, -0.2) is 49.8 Å². The van der Waals surface area contributed by atoms with Crippen molar-refractivity contribution in [2.45, 2.75) is 35.7 Å². The van der Waals surface area contributed by atoms with Crippen molar-refractivity contribution in [3.8, 4) is 5.75 Å². The number of sulfone groups is 1. The van der Waals surface area contributed by atoms with Gasteiger partial charge in [0.1, 0.15) is 5.75 Å². The maximum absolute atomic E-state index is 13.2. The van der Waals surface area contributed by atoms with E-state index in [1.807, 2.05) is 16.8 Å². The Hall–Kier alpha value is -2.38. The molecule has 2 heterocycles. The first kappa shape index (κ1) is 19.0. The SMILES string of the molecule is COc1ccc2c(c1)c(S(=O)(=O)c1ccccc1)nn2CCCN1CCCC1. The first-order chi connectivity index (χ1) is 13.6. The van der Waals surface area contributed by atoms with E-state index in [1.165, 1.54) is 12.8 Å². The molecule has 1 fully saturated rings. The molecule has 7 heteroatoms. The van der Waals surface area contributed by atoms with Crippen molar-refractivity contribution in [3.63, 3.8) is 0 Å². The summed E-state index contributed by atoms with van der Waals surface area (Å²) in [5.74, 6) is 0.619. The van der Waals surface area contributed by atoms with E-state index in [0.29, 0.717) is 17.7 Å².